The maximum atomic E-state index is 12.3. The quantitative estimate of drug-likeness (QED) is 0.154. The molecule has 2 N–H and O–H groups in total. The molecule has 0 atom stereocenters. The van der Waals surface area contributed by atoms with Crippen molar-refractivity contribution in [3.63, 3.8) is 0 Å². The minimum absolute atomic E-state index is 0.0511. The number of alkyl halides is 3. The number of primary amides is 1. The van der Waals surface area contributed by atoms with E-state index in [0.717, 1.165) is 17.8 Å². The van der Waals surface area contributed by atoms with Crippen LogP contribution in [0.5, 0.6) is 0 Å². The summed E-state index contributed by atoms with van der Waals surface area (Å²) in [6, 6.07) is 1.82. The van der Waals surface area contributed by atoms with E-state index in [2.05, 4.69) is 15.9 Å². The van der Waals surface area contributed by atoms with E-state index in [-0.39, 0.29) is 29.1 Å². The first-order valence-corrected chi connectivity index (χ1v) is 9.72. The third kappa shape index (κ3) is 9.47. The lowest BCUT2D eigenvalue weighted by Crippen LogP contribution is -2.25. The SMILES string of the molecule is C=N/C(=C\C(CC)=C(\C#N)CSCC(N)=O)OS(=O)(=O)C(F)(F)F.CC. The molecule has 0 spiro atoms. The first kappa shape index (κ1) is 26.2. The molecule has 0 aromatic carbocycles. The molecule has 0 rings (SSSR count). The number of hydrogen-bond donors (Lipinski definition) is 1. The van der Waals surface area contributed by atoms with E-state index in [1.807, 2.05) is 19.9 Å². The average Bonchev–Trinajstić information content (AvgIpc) is 2.56. The Morgan fingerprint density at radius 2 is 1.92 bits per heavy atom. The number of carbonyl (C=O) groups is 1. The minimum atomic E-state index is -5.90. The molecule has 0 saturated carbocycles. The Labute approximate surface area is 154 Å². The number of amides is 1. The van der Waals surface area contributed by atoms with Gasteiger partial charge >= 0.3 is 15.6 Å². The minimum Gasteiger partial charge on any atom is -0.369 e. The number of nitriles is 1. The lowest BCUT2D eigenvalue weighted by Gasteiger charge is -2.10. The maximum absolute atomic E-state index is 12.3. The lowest BCUT2D eigenvalue weighted by atomic mass is 10.1. The highest BCUT2D eigenvalue weighted by Crippen LogP contribution is 2.27. The van der Waals surface area contributed by atoms with Gasteiger partial charge in [0.15, 0.2) is 0 Å². The fourth-order valence-electron chi connectivity index (χ4n) is 1.26. The Hall–Kier alpha value is -2.00. The van der Waals surface area contributed by atoms with Crippen LogP contribution in [0.1, 0.15) is 27.2 Å². The van der Waals surface area contributed by atoms with Gasteiger partial charge < -0.3 is 9.92 Å². The fourth-order valence-corrected chi connectivity index (χ4v) is 2.44. The number of nitrogens with zero attached hydrogens (tertiary/aromatic N) is 2. The van der Waals surface area contributed by atoms with Crippen LogP contribution in [0.15, 0.2) is 28.1 Å². The number of aliphatic imine (C=N–C) groups is 1. The molecule has 148 valence electrons. The second kappa shape index (κ2) is 12.4. The molecule has 0 saturated heterocycles. The van der Waals surface area contributed by atoms with Crippen molar-refractivity contribution in [1.82, 2.24) is 0 Å². The summed E-state index contributed by atoms with van der Waals surface area (Å²) < 4.78 is 62.7. The van der Waals surface area contributed by atoms with Crippen molar-refractivity contribution in [2.75, 3.05) is 11.5 Å². The van der Waals surface area contributed by atoms with E-state index in [9.17, 15) is 26.4 Å². The molecule has 0 aliphatic carbocycles. The van der Waals surface area contributed by atoms with Crippen LogP contribution in [0, 0.1) is 11.3 Å². The number of thioether (sulfide) groups is 1. The second-order valence-corrected chi connectivity index (χ2v) is 6.58. The van der Waals surface area contributed by atoms with Crippen LogP contribution in [0.2, 0.25) is 0 Å². The molecule has 0 unspecified atom stereocenters. The number of rotatable bonds is 9. The van der Waals surface area contributed by atoms with E-state index in [4.69, 9.17) is 11.0 Å². The van der Waals surface area contributed by atoms with Crippen molar-refractivity contribution in [2.45, 2.75) is 32.7 Å². The highest BCUT2D eigenvalue weighted by atomic mass is 32.2. The van der Waals surface area contributed by atoms with Gasteiger partial charge in [-0.3, -0.25) is 4.79 Å². The predicted molar refractivity (Wildman–Crippen MR) is 94.5 cm³/mol. The molecule has 1 amide bonds. The average molecular weight is 415 g/mol. The Morgan fingerprint density at radius 1 is 1.38 bits per heavy atom. The molecule has 0 aromatic rings. The van der Waals surface area contributed by atoms with Crippen LogP contribution in [-0.2, 0) is 19.1 Å². The van der Waals surface area contributed by atoms with Crippen LogP contribution in [0.25, 0.3) is 0 Å². The van der Waals surface area contributed by atoms with E-state index >= 15 is 0 Å². The number of hydrogen-bond acceptors (Lipinski definition) is 7. The predicted octanol–water partition coefficient (Wildman–Crippen LogP) is 2.87. The fraction of sp³-hybridized carbons (Fsp3) is 0.500. The summed E-state index contributed by atoms with van der Waals surface area (Å²) in [4.78, 5) is 13.7. The zero-order valence-corrected chi connectivity index (χ0v) is 16.1. The van der Waals surface area contributed by atoms with Gasteiger partial charge in [0.25, 0.3) is 0 Å². The first-order valence-electron chi connectivity index (χ1n) is 7.15. The van der Waals surface area contributed by atoms with Crippen LogP contribution in [0.4, 0.5) is 13.2 Å². The molecule has 0 radical (unpaired) electrons. The van der Waals surface area contributed by atoms with Gasteiger partial charge in [0.1, 0.15) is 0 Å². The Balaban J connectivity index is 0. The second-order valence-electron chi connectivity index (χ2n) is 4.05. The van der Waals surface area contributed by atoms with Crippen LogP contribution < -0.4 is 5.73 Å². The largest absolute Gasteiger partial charge is 0.534 e. The number of allylic oxidation sites excluding steroid dienone is 2. The Morgan fingerprint density at radius 3 is 2.27 bits per heavy atom. The molecule has 0 aromatic heterocycles. The van der Waals surface area contributed by atoms with Crippen molar-refractivity contribution in [2.24, 2.45) is 10.7 Å². The highest BCUT2D eigenvalue weighted by molar-refractivity contribution is 8.00. The summed E-state index contributed by atoms with van der Waals surface area (Å²) in [5, 5.41) is 9.09. The van der Waals surface area contributed by atoms with E-state index in [1.165, 1.54) is 0 Å². The molecule has 12 heteroatoms. The summed E-state index contributed by atoms with van der Waals surface area (Å²) in [6.45, 7) is 8.52. The summed E-state index contributed by atoms with van der Waals surface area (Å²) in [7, 11) is -5.90. The Bertz CT molecular complexity index is 693. The van der Waals surface area contributed by atoms with Gasteiger partial charge in [-0.15, -0.1) is 11.8 Å². The van der Waals surface area contributed by atoms with E-state index < -0.39 is 27.4 Å². The number of carbonyl (C=O) groups excluding carboxylic acids is 1. The maximum Gasteiger partial charge on any atom is 0.534 e. The zero-order valence-electron chi connectivity index (χ0n) is 14.5. The van der Waals surface area contributed by atoms with Crippen LogP contribution in [-0.4, -0.2) is 38.1 Å². The van der Waals surface area contributed by atoms with Gasteiger partial charge in [-0.25, -0.2) is 4.99 Å². The normalized spacial score (nSPS) is 12.9. The first-order chi connectivity index (χ1) is 12.0. The van der Waals surface area contributed by atoms with E-state index in [0.29, 0.717) is 0 Å². The van der Waals surface area contributed by atoms with Gasteiger partial charge in [-0.1, -0.05) is 20.8 Å². The summed E-state index contributed by atoms with van der Waals surface area (Å²) in [6.07, 6.45) is 1.05. The number of halogens is 3. The van der Waals surface area contributed by atoms with Gasteiger partial charge in [-0.2, -0.15) is 26.9 Å². The Kier molecular flexibility index (Phi) is 12.5. The van der Waals surface area contributed by atoms with Gasteiger partial charge in [0.05, 0.1) is 11.8 Å². The lowest BCUT2D eigenvalue weighted by molar-refractivity contribution is -0.115. The van der Waals surface area contributed by atoms with Gasteiger partial charge in [-0.05, 0) is 18.7 Å². The molecule has 0 fully saturated rings. The molecule has 0 bridgehead atoms. The molecule has 26 heavy (non-hydrogen) atoms. The van der Waals surface area contributed by atoms with Crippen molar-refractivity contribution in [3.05, 3.63) is 23.1 Å². The zero-order chi connectivity index (χ0) is 21.0. The van der Waals surface area contributed by atoms with Crippen molar-refractivity contribution in [1.29, 1.82) is 5.26 Å². The highest BCUT2D eigenvalue weighted by Gasteiger charge is 2.49. The van der Waals surface area contributed by atoms with Crippen molar-refractivity contribution < 1.29 is 30.6 Å². The van der Waals surface area contributed by atoms with Gasteiger partial charge in [0.2, 0.25) is 11.8 Å². The van der Waals surface area contributed by atoms with Gasteiger partial charge in [0, 0.05) is 17.4 Å². The molecule has 0 aliphatic rings. The topological polar surface area (TPSA) is 123 Å². The summed E-state index contributed by atoms with van der Waals surface area (Å²) >= 11 is 1.02. The van der Waals surface area contributed by atoms with Crippen molar-refractivity contribution in [3.8, 4) is 6.07 Å². The molecule has 7 nitrogen and oxygen atoms in total. The van der Waals surface area contributed by atoms with E-state index in [1.54, 1.807) is 6.92 Å². The monoisotopic (exact) mass is 415 g/mol. The smallest absolute Gasteiger partial charge is 0.369 e. The van der Waals surface area contributed by atoms with Crippen LogP contribution >= 0.6 is 11.8 Å². The van der Waals surface area contributed by atoms with Crippen LogP contribution in [0.3, 0.4) is 0 Å². The summed E-state index contributed by atoms with van der Waals surface area (Å²) in [5.41, 5.74) is -0.370. The molecular formula is C14H20F3N3O4S2. The number of nitrogens with two attached hydrogens (primary N) is 1. The standard InChI is InChI=1S/C12H14F3N3O4S2.C2H6/c1-3-8(9(5-16)6-23-7-10(17)19)4-11(18-2)22-24(20,21)12(13,14)15;1-2/h4H,2-3,6-7H2,1H3,(H2,17,19);1-2H3/b9-8-,11-4+;. The van der Waals surface area contributed by atoms with Crippen molar-refractivity contribution >= 4 is 34.5 Å². The summed E-state index contributed by atoms with van der Waals surface area (Å²) in [5.74, 6) is -1.52. The molecular weight excluding hydrogens is 395 g/mol. The molecule has 0 heterocycles. The third-order valence-corrected chi connectivity index (χ3v) is 4.26. The molecule has 0 aliphatic heterocycles. The third-order valence-electron chi connectivity index (χ3n) is 2.33.